The number of rotatable bonds is 6. The van der Waals surface area contributed by atoms with Gasteiger partial charge in [-0.15, -0.1) is 0 Å². The maximum Gasteiger partial charge on any atom is 0.246 e. The molecule has 1 fully saturated rings. The van der Waals surface area contributed by atoms with Gasteiger partial charge in [0.15, 0.2) is 0 Å². The second-order valence-electron chi connectivity index (χ2n) is 6.02. The molecule has 2 atom stereocenters. The van der Waals surface area contributed by atoms with Gasteiger partial charge >= 0.3 is 0 Å². The van der Waals surface area contributed by atoms with Gasteiger partial charge in [-0.25, -0.2) is 19.3 Å². The molecule has 10 heteroatoms. The van der Waals surface area contributed by atoms with Crippen molar-refractivity contribution in [2.24, 2.45) is 0 Å². The van der Waals surface area contributed by atoms with Crippen molar-refractivity contribution in [3.63, 3.8) is 0 Å². The van der Waals surface area contributed by atoms with E-state index >= 15 is 0 Å². The van der Waals surface area contributed by atoms with Crippen LogP contribution in [-0.2, 0) is 14.8 Å². The topological polar surface area (TPSA) is 121 Å². The van der Waals surface area contributed by atoms with Gasteiger partial charge in [0.1, 0.15) is 18.0 Å². The van der Waals surface area contributed by atoms with Crippen molar-refractivity contribution in [1.29, 1.82) is 0 Å². The van der Waals surface area contributed by atoms with Gasteiger partial charge in [0, 0.05) is 5.69 Å². The van der Waals surface area contributed by atoms with Gasteiger partial charge in [-0.3, -0.25) is 4.79 Å². The van der Waals surface area contributed by atoms with Gasteiger partial charge in [-0.1, -0.05) is 17.7 Å². The molecule has 2 unspecified atom stereocenters. The first-order valence-electron chi connectivity index (χ1n) is 8.19. The van der Waals surface area contributed by atoms with Crippen LogP contribution in [0.2, 0.25) is 0 Å². The number of anilines is 1. The molecule has 3 rings (SSSR count). The fourth-order valence-electron chi connectivity index (χ4n) is 2.53. The van der Waals surface area contributed by atoms with Crippen LogP contribution < -0.4 is 31.2 Å². The molecule has 0 radical (unpaired) electrons. The summed E-state index contributed by atoms with van der Waals surface area (Å²) in [5.41, 5.74) is 9.50. The van der Waals surface area contributed by atoms with Crippen LogP contribution in [0.1, 0.15) is 5.56 Å². The number of sulfonamides is 1. The number of aryl methyl sites for hydroxylation is 1. The van der Waals surface area contributed by atoms with E-state index in [0.29, 0.717) is 11.4 Å². The first-order chi connectivity index (χ1) is 12.9. The summed E-state index contributed by atoms with van der Waals surface area (Å²) < 4.78 is 32.6. The van der Waals surface area contributed by atoms with Crippen LogP contribution >= 0.6 is 0 Å². The number of hydrogen-bond donors (Lipinski definition) is 5. The molecule has 0 saturated carbocycles. The van der Waals surface area contributed by atoms with Crippen molar-refractivity contribution < 1.29 is 17.9 Å². The number of benzene rings is 2. The Hall–Kier alpha value is -2.50. The third kappa shape index (κ3) is 4.62. The second-order valence-corrected chi connectivity index (χ2v) is 7.74. The largest absolute Gasteiger partial charge is 0.497 e. The van der Waals surface area contributed by atoms with Gasteiger partial charge in [-0.2, -0.15) is 10.3 Å². The molecule has 0 bridgehead atoms. The number of amides is 1. The number of carbonyl (C=O) groups excluding carboxylic acids is 1. The Bertz CT molecular complexity index is 900. The normalized spacial score (nSPS) is 19.6. The highest BCUT2D eigenvalue weighted by molar-refractivity contribution is 7.89. The molecule has 1 saturated heterocycles. The van der Waals surface area contributed by atoms with Crippen molar-refractivity contribution in [3.8, 4) is 5.75 Å². The van der Waals surface area contributed by atoms with Crippen LogP contribution in [0.4, 0.5) is 5.69 Å². The first-order valence-corrected chi connectivity index (χ1v) is 9.67. The van der Waals surface area contributed by atoms with Crippen LogP contribution in [0.5, 0.6) is 5.75 Å². The third-order valence-corrected chi connectivity index (χ3v) is 5.50. The molecule has 9 nitrogen and oxygen atoms in total. The number of methoxy groups -OCH3 is 1. The lowest BCUT2D eigenvalue weighted by Gasteiger charge is -2.19. The molecular formula is C17H21N5O4S. The quantitative estimate of drug-likeness (QED) is 0.478. The molecule has 0 aromatic heterocycles. The maximum atomic E-state index is 12.5. The highest BCUT2D eigenvalue weighted by Crippen LogP contribution is 2.16. The molecule has 1 amide bonds. The lowest BCUT2D eigenvalue weighted by atomic mass is 10.2. The fraction of sp³-hybridized carbons (Fsp3) is 0.235. The Morgan fingerprint density at radius 1 is 1.04 bits per heavy atom. The molecule has 2 aromatic rings. The molecule has 0 spiro atoms. The minimum atomic E-state index is -3.80. The Labute approximate surface area is 157 Å². The van der Waals surface area contributed by atoms with E-state index in [2.05, 4.69) is 26.4 Å². The molecule has 27 heavy (non-hydrogen) atoms. The Balaban J connectivity index is 1.68. The van der Waals surface area contributed by atoms with Gasteiger partial charge in [0.25, 0.3) is 0 Å². The monoisotopic (exact) mass is 391 g/mol. The average molecular weight is 391 g/mol. The van der Waals surface area contributed by atoms with E-state index in [1.165, 1.54) is 12.1 Å². The number of ether oxygens (including phenoxy) is 1. The lowest BCUT2D eigenvalue weighted by molar-refractivity contribution is -0.118. The predicted octanol–water partition coefficient (Wildman–Crippen LogP) is 0.228. The summed E-state index contributed by atoms with van der Waals surface area (Å²) in [6.07, 6.45) is -0.880. The molecular weight excluding hydrogens is 370 g/mol. The van der Waals surface area contributed by atoms with E-state index < -0.39 is 28.1 Å². The zero-order chi connectivity index (χ0) is 19.4. The van der Waals surface area contributed by atoms with Crippen LogP contribution in [0.25, 0.3) is 0 Å². The van der Waals surface area contributed by atoms with E-state index in [0.717, 1.165) is 5.56 Å². The minimum Gasteiger partial charge on any atom is -0.497 e. The summed E-state index contributed by atoms with van der Waals surface area (Å²) in [5, 5.41) is 2.73. The van der Waals surface area contributed by atoms with Crippen molar-refractivity contribution in [2.75, 3.05) is 12.4 Å². The Morgan fingerprint density at radius 2 is 1.70 bits per heavy atom. The van der Waals surface area contributed by atoms with E-state index in [4.69, 9.17) is 4.74 Å². The molecule has 5 N–H and O–H groups in total. The van der Waals surface area contributed by atoms with Crippen LogP contribution in [0.15, 0.2) is 53.4 Å². The van der Waals surface area contributed by atoms with E-state index in [1.54, 1.807) is 43.5 Å². The number of nitrogens with one attached hydrogen (secondary N) is 5. The van der Waals surface area contributed by atoms with Gasteiger partial charge in [-0.05, 0) is 43.3 Å². The van der Waals surface area contributed by atoms with Crippen molar-refractivity contribution >= 4 is 21.6 Å². The Morgan fingerprint density at radius 3 is 2.33 bits per heavy atom. The number of hydrazine groups is 2. The summed E-state index contributed by atoms with van der Waals surface area (Å²) >= 11 is 0. The molecule has 0 aliphatic carbocycles. The fourth-order valence-corrected chi connectivity index (χ4v) is 3.69. The van der Waals surface area contributed by atoms with E-state index in [9.17, 15) is 13.2 Å². The van der Waals surface area contributed by atoms with Gasteiger partial charge in [0.2, 0.25) is 15.9 Å². The highest BCUT2D eigenvalue weighted by atomic mass is 32.2. The second kappa shape index (κ2) is 8.03. The predicted molar refractivity (Wildman–Crippen MR) is 100 cm³/mol. The van der Waals surface area contributed by atoms with Crippen molar-refractivity contribution in [2.45, 2.75) is 24.0 Å². The molecule has 144 valence electrons. The van der Waals surface area contributed by atoms with Crippen molar-refractivity contribution in [1.82, 2.24) is 21.1 Å². The van der Waals surface area contributed by atoms with Crippen LogP contribution in [-0.4, -0.2) is 33.6 Å². The van der Waals surface area contributed by atoms with Crippen LogP contribution in [0, 0.1) is 6.92 Å². The summed E-state index contributed by atoms with van der Waals surface area (Å²) in [6, 6.07) is 12.4. The molecule has 1 aliphatic rings. The average Bonchev–Trinajstić information content (AvgIpc) is 3.10. The summed E-state index contributed by atoms with van der Waals surface area (Å²) in [7, 11) is -2.24. The smallest absolute Gasteiger partial charge is 0.246 e. The Kier molecular flexibility index (Phi) is 5.73. The molecule has 1 heterocycles. The van der Waals surface area contributed by atoms with Crippen LogP contribution in [0.3, 0.4) is 0 Å². The van der Waals surface area contributed by atoms with Crippen molar-refractivity contribution in [3.05, 3.63) is 54.1 Å². The highest BCUT2D eigenvalue weighted by Gasteiger charge is 2.36. The SMILES string of the molecule is COc1ccc(NC(=O)C2NNNC2NS(=O)(=O)c2ccc(C)cc2)cc1. The lowest BCUT2D eigenvalue weighted by Crippen LogP contribution is -2.53. The zero-order valence-electron chi connectivity index (χ0n) is 14.8. The first kappa shape index (κ1) is 19.3. The summed E-state index contributed by atoms with van der Waals surface area (Å²) in [6.45, 7) is 1.87. The zero-order valence-corrected chi connectivity index (χ0v) is 15.6. The number of hydrogen-bond acceptors (Lipinski definition) is 7. The van der Waals surface area contributed by atoms with E-state index in [1.807, 2.05) is 6.92 Å². The van der Waals surface area contributed by atoms with Gasteiger partial charge < -0.3 is 10.1 Å². The summed E-state index contributed by atoms with van der Waals surface area (Å²) in [4.78, 5) is 12.6. The molecule has 1 aliphatic heterocycles. The summed E-state index contributed by atoms with van der Waals surface area (Å²) in [5.74, 6) is 0.258. The molecule has 2 aromatic carbocycles. The maximum absolute atomic E-state index is 12.5. The number of carbonyl (C=O) groups is 1. The standard InChI is InChI=1S/C17H21N5O4S/c1-11-3-9-14(10-4-11)27(24,25)21-16-15(19-22-20-16)17(23)18-12-5-7-13(26-2)8-6-12/h3-10,15-16,19-22H,1-2H3,(H,18,23). The van der Waals surface area contributed by atoms with Gasteiger partial charge in [0.05, 0.1) is 12.0 Å². The van der Waals surface area contributed by atoms with E-state index in [-0.39, 0.29) is 4.90 Å². The third-order valence-electron chi connectivity index (χ3n) is 4.04. The minimum absolute atomic E-state index is 0.121.